The zero-order valence-electron chi connectivity index (χ0n) is 18.2. The molecule has 164 valence electrons. The van der Waals surface area contributed by atoms with Gasteiger partial charge in [-0.05, 0) is 61.9 Å². The third-order valence-corrected chi connectivity index (χ3v) is 6.48. The van der Waals surface area contributed by atoms with Gasteiger partial charge in [-0.2, -0.15) is 0 Å². The normalized spacial score (nSPS) is 16.9. The first-order chi connectivity index (χ1) is 15.6. The van der Waals surface area contributed by atoms with Crippen molar-refractivity contribution >= 4 is 28.8 Å². The van der Waals surface area contributed by atoms with E-state index in [0.29, 0.717) is 17.1 Å². The lowest BCUT2D eigenvalue weighted by Gasteiger charge is -2.28. The van der Waals surface area contributed by atoms with E-state index < -0.39 is 5.91 Å². The van der Waals surface area contributed by atoms with Crippen molar-refractivity contribution in [1.29, 1.82) is 0 Å². The largest absolute Gasteiger partial charge is 0.375 e. The molecule has 1 amide bonds. The highest BCUT2D eigenvalue weighted by Crippen LogP contribution is 2.48. The van der Waals surface area contributed by atoms with Gasteiger partial charge < -0.3 is 21.3 Å². The molecule has 0 spiro atoms. The molecule has 0 bridgehead atoms. The molecule has 5 rings (SSSR count). The van der Waals surface area contributed by atoms with Crippen molar-refractivity contribution < 1.29 is 4.79 Å². The van der Waals surface area contributed by atoms with Gasteiger partial charge in [-0.15, -0.1) is 0 Å². The molecule has 1 saturated carbocycles. The van der Waals surface area contributed by atoms with Gasteiger partial charge in [0.2, 0.25) is 0 Å². The number of benzene rings is 2. The van der Waals surface area contributed by atoms with Gasteiger partial charge in [-0.1, -0.05) is 30.3 Å². The summed E-state index contributed by atoms with van der Waals surface area (Å²) in [4.78, 5) is 18.9. The molecule has 2 aromatic carbocycles. The van der Waals surface area contributed by atoms with Crippen LogP contribution in [0.1, 0.15) is 48.0 Å². The minimum Gasteiger partial charge on any atom is -0.375 e. The predicted octanol–water partition coefficient (Wildman–Crippen LogP) is 5.02. The molecular weight excluding hydrogens is 398 g/mol. The van der Waals surface area contributed by atoms with Gasteiger partial charge in [-0.25, -0.2) is 4.98 Å². The number of carbonyl (C=O) groups excluding carboxylic acids is 1. The van der Waals surface area contributed by atoms with Crippen LogP contribution < -0.4 is 21.3 Å². The summed E-state index contributed by atoms with van der Waals surface area (Å²) in [6.45, 7) is 2.25. The van der Waals surface area contributed by atoms with Crippen LogP contribution in [0.25, 0.3) is 0 Å². The number of hydrogen-bond acceptors (Lipinski definition) is 5. The van der Waals surface area contributed by atoms with E-state index >= 15 is 0 Å². The van der Waals surface area contributed by atoms with Gasteiger partial charge in [0.25, 0.3) is 5.91 Å². The van der Waals surface area contributed by atoms with Crippen molar-refractivity contribution in [3.8, 4) is 0 Å². The Labute approximate surface area is 188 Å². The molecule has 0 unspecified atom stereocenters. The molecule has 1 aromatic heterocycles. The second-order valence-electron chi connectivity index (χ2n) is 8.77. The quantitative estimate of drug-likeness (QED) is 0.493. The topological polar surface area (TPSA) is 83.3 Å². The Kier molecular flexibility index (Phi) is 5.43. The number of amides is 1. The summed E-state index contributed by atoms with van der Waals surface area (Å²) in [7, 11) is 0. The monoisotopic (exact) mass is 427 g/mol. The Morgan fingerprint density at radius 2 is 1.69 bits per heavy atom. The van der Waals surface area contributed by atoms with E-state index in [1.165, 1.54) is 30.5 Å². The molecule has 32 heavy (non-hydrogen) atoms. The maximum atomic E-state index is 12.0. The molecule has 1 saturated heterocycles. The molecule has 1 aliphatic carbocycles. The maximum Gasteiger partial charge on any atom is 0.252 e. The van der Waals surface area contributed by atoms with Gasteiger partial charge in [-0.3, -0.25) is 4.79 Å². The average molecular weight is 428 g/mol. The van der Waals surface area contributed by atoms with E-state index in [2.05, 4.69) is 56.9 Å². The summed E-state index contributed by atoms with van der Waals surface area (Å²) in [5.74, 6) is 0.188. The lowest BCUT2D eigenvalue weighted by molar-refractivity contribution is 0.100. The zero-order valence-corrected chi connectivity index (χ0v) is 18.2. The fourth-order valence-corrected chi connectivity index (χ4v) is 4.50. The Balaban J connectivity index is 1.36. The second kappa shape index (κ2) is 8.54. The van der Waals surface area contributed by atoms with Crippen LogP contribution in [0.15, 0.2) is 66.9 Å². The molecular formula is C26H29N5O. The minimum absolute atomic E-state index is 0.153. The van der Waals surface area contributed by atoms with Crippen LogP contribution in [0.3, 0.4) is 0 Å². The number of carbonyl (C=O) groups is 1. The molecule has 2 heterocycles. The molecule has 1 aliphatic heterocycles. The maximum absolute atomic E-state index is 12.0. The third kappa shape index (κ3) is 4.26. The highest BCUT2D eigenvalue weighted by molar-refractivity contribution is 5.99. The minimum atomic E-state index is -0.485. The number of nitrogens with one attached hydrogen (secondary N) is 2. The first-order valence-corrected chi connectivity index (χ1v) is 11.4. The number of piperidine rings is 1. The predicted molar refractivity (Wildman–Crippen MR) is 130 cm³/mol. The molecule has 2 aliphatic rings. The highest BCUT2D eigenvalue weighted by atomic mass is 16.1. The van der Waals surface area contributed by atoms with Gasteiger partial charge in [0, 0.05) is 36.7 Å². The number of rotatable bonds is 7. The van der Waals surface area contributed by atoms with E-state index in [9.17, 15) is 4.79 Å². The highest BCUT2D eigenvalue weighted by Gasteiger charge is 2.44. The van der Waals surface area contributed by atoms with E-state index in [-0.39, 0.29) is 5.54 Å². The van der Waals surface area contributed by atoms with Crippen molar-refractivity contribution in [2.45, 2.75) is 37.6 Å². The van der Waals surface area contributed by atoms with Crippen molar-refractivity contribution in [2.75, 3.05) is 28.6 Å². The zero-order chi connectivity index (χ0) is 22.0. The van der Waals surface area contributed by atoms with Crippen LogP contribution in [0.2, 0.25) is 0 Å². The third-order valence-electron chi connectivity index (χ3n) is 6.48. The molecule has 2 fully saturated rings. The van der Waals surface area contributed by atoms with Gasteiger partial charge >= 0.3 is 0 Å². The standard InChI is InChI=1S/C26H29N5O/c27-25(32)22-18-28-24(17-23(22)30-26(13-14-26)19-7-3-1-4-8-19)29-20-9-11-21(12-10-20)31-15-5-2-6-16-31/h1,3-4,7-12,17-18H,2,5-6,13-16H2,(H2,27,32)(H2,28,29,30). The Hall–Kier alpha value is -3.54. The van der Waals surface area contributed by atoms with Crippen molar-refractivity contribution in [1.82, 2.24) is 4.98 Å². The van der Waals surface area contributed by atoms with Crippen LogP contribution in [-0.2, 0) is 5.54 Å². The van der Waals surface area contributed by atoms with E-state index in [0.717, 1.165) is 31.6 Å². The summed E-state index contributed by atoms with van der Waals surface area (Å²) >= 11 is 0. The summed E-state index contributed by atoms with van der Waals surface area (Å²) in [5.41, 5.74) is 10.0. The smallest absolute Gasteiger partial charge is 0.252 e. The van der Waals surface area contributed by atoms with E-state index in [1.54, 1.807) is 6.20 Å². The average Bonchev–Trinajstić information content (AvgIpc) is 3.61. The Morgan fingerprint density at radius 1 is 0.969 bits per heavy atom. The van der Waals surface area contributed by atoms with Crippen LogP contribution >= 0.6 is 0 Å². The second-order valence-corrected chi connectivity index (χ2v) is 8.77. The molecule has 3 aromatic rings. The van der Waals surface area contributed by atoms with Gasteiger partial charge in [0.15, 0.2) is 0 Å². The molecule has 6 nitrogen and oxygen atoms in total. The summed E-state index contributed by atoms with van der Waals surface area (Å²) in [5, 5.41) is 6.95. The lowest BCUT2D eigenvalue weighted by atomic mass is 10.0. The fourth-order valence-electron chi connectivity index (χ4n) is 4.50. The number of hydrogen-bond donors (Lipinski definition) is 3. The van der Waals surface area contributed by atoms with Gasteiger partial charge in [0.1, 0.15) is 5.82 Å². The molecule has 0 atom stereocenters. The van der Waals surface area contributed by atoms with Crippen LogP contribution in [-0.4, -0.2) is 24.0 Å². The fraction of sp³-hybridized carbons (Fsp3) is 0.308. The molecule has 6 heteroatoms. The number of nitrogens with zero attached hydrogens (tertiary/aromatic N) is 2. The number of anilines is 4. The number of pyridine rings is 1. The van der Waals surface area contributed by atoms with Crippen molar-refractivity contribution in [3.63, 3.8) is 0 Å². The van der Waals surface area contributed by atoms with Crippen molar-refractivity contribution in [2.24, 2.45) is 5.73 Å². The van der Waals surface area contributed by atoms with E-state index in [4.69, 9.17) is 5.73 Å². The number of primary amides is 1. The SMILES string of the molecule is NC(=O)c1cnc(Nc2ccc(N3CCCCC3)cc2)cc1NC1(c2ccccc2)CC1. The van der Waals surface area contributed by atoms with Crippen molar-refractivity contribution in [3.05, 3.63) is 78.0 Å². The molecule has 0 radical (unpaired) electrons. The summed E-state index contributed by atoms with van der Waals surface area (Å²) in [6.07, 6.45) is 7.42. The number of aromatic nitrogens is 1. The summed E-state index contributed by atoms with van der Waals surface area (Å²) in [6, 6.07) is 20.7. The van der Waals surface area contributed by atoms with Crippen LogP contribution in [0.4, 0.5) is 22.9 Å². The van der Waals surface area contributed by atoms with E-state index in [1.807, 2.05) is 24.3 Å². The van der Waals surface area contributed by atoms with Crippen LogP contribution in [0.5, 0.6) is 0 Å². The lowest BCUT2D eigenvalue weighted by Crippen LogP contribution is -2.29. The van der Waals surface area contributed by atoms with Crippen LogP contribution in [0, 0.1) is 0 Å². The Morgan fingerprint density at radius 3 is 2.34 bits per heavy atom. The molecule has 4 N–H and O–H groups in total. The Bertz CT molecular complexity index is 1090. The van der Waals surface area contributed by atoms with Gasteiger partial charge in [0.05, 0.1) is 16.8 Å². The first-order valence-electron chi connectivity index (χ1n) is 11.4. The number of nitrogens with two attached hydrogens (primary N) is 1. The summed E-state index contributed by atoms with van der Waals surface area (Å²) < 4.78 is 0. The first kappa shape index (κ1) is 20.4.